The summed E-state index contributed by atoms with van der Waals surface area (Å²) in [6.45, 7) is 1.53. The van der Waals surface area contributed by atoms with Crippen molar-refractivity contribution in [2.45, 2.75) is 6.92 Å². The van der Waals surface area contributed by atoms with E-state index in [9.17, 15) is 10.1 Å². The number of aryl methyl sites for hydroxylation is 1. The van der Waals surface area contributed by atoms with E-state index in [1.807, 2.05) is 12.1 Å². The molecule has 0 bridgehead atoms. The fraction of sp³-hybridized carbons (Fsp3) is 0.154. The van der Waals surface area contributed by atoms with Gasteiger partial charge in [0, 0.05) is 10.0 Å². The third-order valence-corrected chi connectivity index (χ3v) is 3.14. The third-order valence-electron chi connectivity index (χ3n) is 2.65. The Bertz CT molecular complexity index is 679. The summed E-state index contributed by atoms with van der Waals surface area (Å²) in [4.78, 5) is 10.4. The predicted molar refractivity (Wildman–Crippen MR) is 77.5 cm³/mol. The lowest BCUT2D eigenvalue weighted by Crippen LogP contribution is -1.90. The topological polar surface area (TPSA) is 78.4 Å². The van der Waals surface area contributed by atoms with Crippen LogP contribution >= 0.6 is 15.9 Å². The van der Waals surface area contributed by atoms with E-state index in [4.69, 9.17) is 9.26 Å². The number of hydrogen-bond acceptors (Lipinski definition) is 5. The highest BCUT2D eigenvalue weighted by atomic mass is 79.9. The van der Waals surface area contributed by atoms with E-state index in [2.05, 4.69) is 21.1 Å². The van der Waals surface area contributed by atoms with Gasteiger partial charge >= 0.3 is 5.69 Å². The van der Waals surface area contributed by atoms with Gasteiger partial charge in [-0.1, -0.05) is 21.1 Å². The van der Waals surface area contributed by atoms with Gasteiger partial charge in [0.05, 0.1) is 12.0 Å². The average molecular weight is 339 g/mol. The maximum absolute atomic E-state index is 10.9. The summed E-state index contributed by atoms with van der Waals surface area (Å²) in [5.74, 6) is 0.762. The Morgan fingerprint density at radius 1 is 1.45 bits per heavy atom. The van der Waals surface area contributed by atoms with Gasteiger partial charge in [-0.15, -0.1) is 0 Å². The molecule has 2 rings (SSSR count). The molecule has 0 aliphatic carbocycles. The number of aromatic nitrogens is 1. The van der Waals surface area contributed by atoms with Crippen LogP contribution in [0.3, 0.4) is 0 Å². The van der Waals surface area contributed by atoms with Gasteiger partial charge in [-0.3, -0.25) is 10.1 Å². The van der Waals surface area contributed by atoms with Gasteiger partial charge in [0.1, 0.15) is 5.75 Å². The number of hydrogen-bond donors (Lipinski definition) is 0. The summed E-state index contributed by atoms with van der Waals surface area (Å²) < 4.78 is 11.0. The SMILES string of the molecule is COc1ccc(Br)cc1/C=C/c1onc(C)c1[N+](=O)[O-]. The van der Waals surface area contributed by atoms with Crippen molar-refractivity contribution < 1.29 is 14.2 Å². The molecule has 0 aliphatic heterocycles. The minimum atomic E-state index is -0.510. The van der Waals surface area contributed by atoms with Crippen molar-refractivity contribution in [3.05, 3.63) is 49.8 Å². The van der Waals surface area contributed by atoms with Crippen molar-refractivity contribution in [2.75, 3.05) is 7.11 Å². The summed E-state index contributed by atoms with van der Waals surface area (Å²) in [6, 6.07) is 5.48. The first-order chi connectivity index (χ1) is 9.52. The van der Waals surface area contributed by atoms with Crippen LogP contribution in [0.15, 0.2) is 27.2 Å². The number of halogens is 1. The van der Waals surface area contributed by atoms with E-state index in [-0.39, 0.29) is 17.1 Å². The van der Waals surface area contributed by atoms with Crippen LogP contribution in [-0.2, 0) is 0 Å². The van der Waals surface area contributed by atoms with Gasteiger partial charge in [0.25, 0.3) is 0 Å². The lowest BCUT2D eigenvalue weighted by molar-refractivity contribution is -0.386. The maximum Gasteiger partial charge on any atom is 0.338 e. The van der Waals surface area contributed by atoms with Gasteiger partial charge in [-0.25, -0.2) is 0 Å². The van der Waals surface area contributed by atoms with Gasteiger partial charge in [0.2, 0.25) is 5.76 Å². The quantitative estimate of drug-likeness (QED) is 0.625. The zero-order valence-corrected chi connectivity index (χ0v) is 12.4. The molecule has 0 spiro atoms. The normalized spacial score (nSPS) is 10.9. The number of ether oxygens (including phenoxy) is 1. The highest BCUT2D eigenvalue weighted by Crippen LogP contribution is 2.28. The highest BCUT2D eigenvalue weighted by Gasteiger charge is 2.21. The molecule has 0 saturated heterocycles. The van der Waals surface area contributed by atoms with Crippen molar-refractivity contribution in [3.8, 4) is 5.75 Å². The second kappa shape index (κ2) is 5.87. The van der Waals surface area contributed by atoms with Crippen LogP contribution in [0.1, 0.15) is 17.0 Å². The van der Waals surface area contributed by atoms with Crippen molar-refractivity contribution in [1.82, 2.24) is 5.16 Å². The first kappa shape index (κ1) is 14.3. The molecule has 2 aromatic rings. The summed E-state index contributed by atoms with van der Waals surface area (Å²) in [5.41, 5.74) is 0.885. The predicted octanol–water partition coefficient (Wildman–Crippen LogP) is 3.83. The molecule has 0 radical (unpaired) electrons. The van der Waals surface area contributed by atoms with Crippen LogP contribution in [0.5, 0.6) is 5.75 Å². The number of nitrogens with zero attached hydrogens (tertiary/aromatic N) is 2. The fourth-order valence-electron chi connectivity index (χ4n) is 1.71. The van der Waals surface area contributed by atoms with Crippen LogP contribution < -0.4 is 4.74 Å². The Hall–Kier alpha value is -2.15. The summed E-state index contributed by atoms with van der Waals surface area (Å²) in [5, 5.41) is 14.5. The molecule has 0 amide bonds. The maximum atomic E-state index is 10.9. The van der Waals surface area contributed by atoms with E-state index in [0.717, 1.165) is 10.0 Å². The Morgan fingerprint density at radius 2 is 2.20 bits per heavy atom. The second-order valence-electron chi connectivity index (χ2n) is 3.96. The molecule has 1 aromatic carbocycles. The minimum absolute atomic E-state index is 0.106. The van der Waals surface area contributed by atoms with Crippen LogP contribution in [0, 0.1) is 17.0 Å². The minimum Gasteiger partial charge on any atom is -0.496 e. The van der Waals surface area contributed by atoms with Crippen molar-refractivity contribution in [2.24, 2.45) is 0 Å². The van der Waals surface area contributed by atoms with Crippen molar-refractivity contribution >= 4 is 33.8 Å². The average Bonchev–Trinajstić information content (AvgIpc) is 2.77. The van der Waals surface area contributed by atoms with Crippen molar-refractivity contribution in [3.63, 3.8) is 0 Å². The van der Waals surface area contributed by atoms with Crippen LogP contribution in [0.4, 0.5) is 5.69 Å². The number of nitro groups is 1. The van der Waals surface area contributed by atoms with E-state index in [1.54, 1.807) is 19.3 Å². The Labute approximate surface area is 123 Å². The highest BCUT2D eigenvalue weighted by molar-refractivity contribution is 9.10. The van der Waals surface area contributed by atoms with Crippen LogP contribution in [-0.4, -0.2) is 17.2 Å². The molecule has 20 heavy (non-hydrogen) atoms. The first-order valence-corrected chi connectivity index (χ1v) is 6.44. The number of rotatable bonds is 4. The van der Waals surface area contributed by atoms with Gasteiger partial charge in [-0.05, 0) is 37.3 Å². The first-order valence-electron chi connectivity index (χ1n) is 5.65. The monoisotopic (exact) mass is 338 g/mol. The lowest BCUT2D eigenvalue weighted by atomic mass is 10.1. The van der Waals surface area contributed by atoms with Gasteiger partial charge in [0.15, 0.2) is 5.69 Å². The van der Waals surface area contributed by atoms with E-state index in [0.29, 0.717) is 5.75 Å². The molecule has 0 unspecified atom stereocenters. The Kier molecular flexibility index (Phi) is 4.19. The van der Waals surface area contributed by atoms with Crippen molar-refractivity contribution in [1.29, 1.82) is 0 Å². The van der Waals surface area contributed by atoms with E-state index >= 15 is 0 Å². The standard InChI is InChI=1S/C13H11BrN2O4/c1-8-13(16(17)18)12(20-15-8)5-3-9-7-10(14)4-6-11(9)19-2/h3-7H,1-2H3/b5-3+. The summed E-state index contributed by atoms with van der Waals surface area (Å²) >= 11 is 3.36. The molecule has 0 fully saturated rings. The van der Waals surface area contributed by atoms with E-state index < -0.39 is 4.92 Å². The van der Waals surface area contributed by atoms with Crippen LogP contribution in [0.2, 0.25) is 0 Å². The second-order valence-corrected chi connectivity index (χ2v) is 4.87. The zero-order chi connectivity index (χ0) is 14.7. The Balaban J connectivity index is 2.39. The summed E-state index contributed by atoms with van der Waals surface area (Å²) in [7, 11) is 1.56. The smallest absolute Gasteiger partial charge is 0.338 e. The van der Waals surface area contributed by atoms with E-state index in [1.165, 1.54) is 13.0 Å². The molecule has 0 atom stereocenters. The molecular formula is C13H11BrN2O4. The van der Waals surface area contributed by atoms with Crippen LogP contribution in [0.25, 0.3) is 12.2 Å². The third kappa shape index (κ3) is 2.88. The van der Waals surface area contributed by atoms with Gasteiger partial charge < -0.3 is 9.26 Å². The molecule has 0 N–H and O–H groups in total. The van der Waals surface area contributed by atoms with Gasteiger partial charge in [-0.2, -0.15) is 0 Å². The molecular weight excluding hydrogens is 328 g/mol. The zero-order valence-electron chi connectivity index (χ0n) is 10.8. The molecule has 6 nitrogen and oxygen atoms in total. The molecule has 104 valence electrons. The fourth-order valence-corrected chi connectivity index (χ4v) is 2.09. The number of benzene rings is 1. The Morgan fingerprint density at radius 3 is 2.85 bits per heavy atom. The molecule has 7 heteroatoms. The molecule has 1 heterocycles. The summed E-state index contributed by atoms with van der Waals surface area (Å²) in [6.07, 6.45) is 3.18. The lowest BCUT2D eigenvalue weighted by Gasteiger charge is -2.04. The molecule has 0 aliphatic rings. The number of methoxy groups -OCH3 is 1. The largest absolute Gasteiger partial charge is 0.496 e. The molecule has 1 aromatic heterocycles. The molecule has 0 saturated carbocycles.